The average molecular weight is 302 g/mol. The van der Waals surface area contributed by atoms with Gasteiger partial charge in [-0.15, -0.1) is 11.3 Å². The van der Waals surface area contributed by atoms with E-state index in [4.69, 9.17) is 4.74 Å². The Hall–Kier alpha value is -1.39. The number of rotatable bonds is 7. The Kier molecular flexibility index (Phi) is 4.56. The van der Waals surface area contributed by atoms with E-state index in [0.29, 0.717) is 6.04 Å². The molecule has 1 unspecified atom stereocenters. The third-order valence-electron chi connectivity index (χ3n) is 3.99. The second-order valence-electron chi connectivity index (χ2n) is 5.54. The van der Waals surface area contributed by atoms with Crippen molar-refractivity contribution >= 4 is 11.3 Å². The number of methoxy groups -OCH3 is 1. The molecule has 1 aliphatic carbocycles. The van der Waals surface area contributed by atoms with Crippen LogP contribution in [-0.4, -0.2) is 12.1 Å². The molecule has 3 nitrogen and oxygen atoms in total. The average Bonchev–Trinajstić information content (AvgIpc) is 3.26. The standard InChI is InChI=1S/C17H22N2OS/c1-3-15-10-18-16(21-15)11-19-17(12-4-5-12)13-6-8-14(20-2)9-7-13/h6-10,12,17,19H,3-5,11H2,1-2H3. The van der Waals surface area contributed by atoms with E-state index in [-0.39, 0.29) is 0 Å². The van der Waals surface area contributed by atoms with E-state index < -0.39 is 0 Å². The van der Waals surface area contributed by atoms with Gasteiger partial charge in [0.25, 0.3) is 0 Å². The lowest BCUT2D eigenvalue weighted by molar-refractivity contribution is 0.413. The summed E-state index contributed by atoms with van der Waals surface area (Å²) in [4.78, 5) is 5.86. The lowest BCUT2D eigenvalue weighted by Crippen LogP contribution is -2.22. The van der Waals surface area contributed by atoms with Crippen molar-refractivity contribution < 1.29 is 4.74 Å². The molecule has 1 aliphatic rings. The molecule has 0 radical (unpaired) electrons. The van der Waals surface area contributed by atoms with Gasteiger partial charge >= 0.3 is 0 Å². The molecule has 1 aromatic heterocycles. The third-order valence-corrected chi connectivity index (χ3v) is 5.13. The summed E-state index contributed by atoms with van der Waals surface area (Å²) in [6.07, 6.45) is 5.72. The lowest BCUT2D eigenvalue weighted by Gasteiger charge is -2.18. The van der Waals surface area contributed by atoms with E-state index in [0.717, 1.165) is 24.6 Å². The first-order valence-electron chi connectivity index (χ1n) is 7.61. The third kappa shape index (κ3) is 3.63. The predicted octanol–water partition coefficient (Wildman–Crippen LogP) is 3.96. The highest BCUT2D eigenvalue weighted by Crippen LogP contribution is 2.41. The number of thiazole rings is 1. The van der Waals surface area contributed by atoms with E-state index in [1.807, 2.05) is 29.7 Å². The zero-order valence-corrected chi connectivity index (χ0v) is 13.5. The van der Waals surface area contributed by atoms with Gasteiger partial charge in [0.1, 0.15) is 10.8 Å². The molecule has 0 amide bonds. The van der Waals surface area contributed by atoms with Crippen LogP contribution in [-0.2, 0) is 13.0 Å². The minimum Gasteiger partial charge on any atom is -0.497 e. The maximum Gasteiger partial charge on any atom is 0.118 e. The highest BCUT2D eigenvalue weighted by molar-refractivity contribution is 7.11. The normalized spacial score (nSPS) is 15.9. The number of nitrogens with zero attached hydrogens (tertiary/aromatic N) is 1. The monoisotopic (exact) mass is 302 g/mol. The predicted molar refractivity (Wildman–Crippen MR) is 86.8 cm³/mol. The van der Waals surface area contributed by atoms with Gasteiger partial charge in [-0.2, -0.15) is 0 Å². The summed E-state index contributed by atoms with van der Waals surface area (Å²) >= 11 is 1.81. The van der Waals surface area contributed by atoms with Crippen LogP contribution in [0.3, 0.4) is 0 Å². The number of benzene rings is 1. The summed E-state index contributed by atoms with van der Waals surface area (Å²) in [7, 11) is 1.71. The molecule has 0 saturated heterocycles. The van der Waals surface area contributed by atoms with Gasteiger partial charge in [-0.25, -0.2) is 4.98 Å². The molecule has 1 saturated carbocycles. The molecular formula is C17H22N2OS. The lowest BCUT2D eigenvalue weighted by atomic mass is 10.0. The Labute approximate surface area is 130 Å². The second-order valence-corrected chi connectivity index (χ2v) is 6.74. The number of nitrogens with one attached hydrogen (secondary N) is 1. The van der Waals surface area contributed by atoms with Crippen molar-refractivity contribution in [3.05, 3.63) is 45.9 Å². The zero-order chi connectivity index (χ0) is 14.7. The molecule has 0 bridgehead atoms. The molecule has 112 valence electrons. The number of hydrogen-bond donors (Lipinski definition) is 1. The van der Waals surface area contributed by atoms with Gasteiger partial charge in [0.2, 0.25) is 0 Å². The topological polar surface area (TPSA) is 34.2 Å². The first-order valence-corrected chi connectivity index (χ1v) is 8.42. The number of aryl methyl sites for hydroxylation is 1. The van der Waals surface area contributed by atoms with E-state index >= 15 is 0 Å². The molecule has 1 N–H and O–H groups in total. The van der Waals surface area contributed by atoms with Crippen LogP contribution in [0.1, 0.15) is 41.3 Å². The molecule has 21 heavy (non-hydrogen) atoms. The van der Waals surface area contributed by atoms with Crippen LogP contribution in [0.5, 0.6) is 5.75 Å². The first kappa shape index (κ1) is 14.5. The SMILES string of the molecule is CCc1cnc(CNC(c2ccc(OC)cc2)C2CC2)s1. The smallest absolute Gasteiger partial charge is 0.118 e. The van der Waals surface area contributed by atoms with Crippen molar-refractivity contribution in [1.82, 2.24) is 10.3 Å². The van der Waals surface area contributed by atoms with Crippen LogP contribution in [0.2, 0.25) is 0 Å². The van der Waals surface area contributed by atoms with E-state index in [9.17, 15) is 0 Å². The van der Waals surface area contributed by atoms with E-state index in [2.05, 4.69) is 29.4 Å². The van der Waals surface area contributed by atoms with Crippen LogP contribution < -0.4 is 10.1 Å². The maximum absolute atomic E-state index is 5.24. The Bertz CT molecular complexity index is 575. The van der Waals surface area contributed by atoms with Crippen LogP contribution in [0.15, 0.2) is 30.5 Å². The summed E-state index contributed by atoms with van der Waals surface area (Å²) in [5, 5.41) is 4.88. The Morgan fingerprint density at radius 1 is 1.33 bits per heavy atom. The molecule has 0 aliphatic heterocycles. The fourth-order valence-corrected chi connectivity index (χ4v) is 3.40. The molecule has 2 aromatic rings. The van der Waals surface area contributed by atoms with Crippen LogP contribution in [0.25, 0.3) is 0 Å². The number of aromatic nitrogens is 1. The van der Waals surface area contributed by atoms with Crippen LogP contribution in [0.4, 0.5) is 0 Å². The van der Waals surface area contributed by atoms with Crippen LogP contribution >= 0.6 is 11.3 Å². The highest BCUT2D eigenvalue weighted by atomic mass is 32.1. The number of ether oxygens (including phenoxy) is 1. The van der Waals surface area contributed by atoms with Crippen molar-refractivity contribution in [3.8, 4) is 5.75 Å². The molecule has 1 aromatic carbocycles. The first-order chi connectivity index (χ1) is 10.3. The van der Waals surface area contributed by atoms with Crippen molar-refractivity contribution in [2.75, 3.05) is 7.11 Å². The van der Waals surface area contributed by atoms with Gasteiger partial charge in [-0.1, -0.05) is 19.1 Å². The van der Waals surface area contributed by atoms with Crippen molar-refractivity contribution in [3.63, 3.8) is 0 Å². The second kappa shape index (κ2) is 6.58. The molecule has 0 spiro atoms. The summed E-state index contributed by atoms with van der Waals surface area (Å²) in [5.74, 6) is 1.69. The van der Waals surface area contributed by atoms with Gasteiger partial charge in [-0.05, 0) is 42.9 Å². The largest absolute Gasteiger partial charge is 0.497 e. The highest BCUT2D eigenvalue weighted by Gasteiger charge is 2.32. The van der Waals surface area contributed by atoms with E-state index in [1.54, 1.807) is 7.11 Å². The summed E-state index contributed by atoms with van der Waals surface area (Å²) < 4.78 is 5.24. The Morgan fingerprint density at radius 3 is 2.67 bits per heavy atom. The minimum atomic E-state index is 0.435. The maximum atomic E-state index is 5.24. The Morgan fingerprint density at radius 2 is 2.10 bits per heavy atom. The van der Waals surface area contributed by atoms with Crippen molar-refractivity contribution in [2.24, 2.45) is 5.92 Å². The summed E-state index contributed by atoms with van der Waals surface area (Å²) in [6.45, 7) is 3.03. The summed E-state index contributed by atoms with van der Waals surface area (Å²) in [5.41, 5.74) is 1.35. The molecule has 4 heteroatoms. The van der Waals surface area contributed by atoms with Gasteiger partial charge < -0.3 is 10.1 Å². The fraction of sp³-hybridized carbons (Fsp3) is 0.471. The summed E-state index contributed by atoms with van der Waals surface area (Å²) in [6, 6.07) is 8.88. The van der Waals surface area contributed by atoms with E-state index in [1.165, 1.54) is 28.3 Å². The van der Waals surface area contributed by atoms with Crippen molar-refractivity contribution in [1.29, 1.82) is 0 Å². The van der Waals surface area contributed by atoms with Crippen LogP contribution in [0, 0.1) is 5.92 Å². The fourth-order valence-electron chi connectivity index (χ4n) is 2.59. The molecule has 1 atom stereocenters. The zero-order valence-electron chi connectivity index (χ0n) is 12.6. The van der Waals surface area contributed by atoms with Gasteiger partial charge in [0.05, 0.1) is 7.11 Å². The molecule has 1 heterocycles. The molecule has 3 rings (SSSR count). The molecule has 1 fully saturated rings. The van der Waals surface area contributed by atoms with Crippen molar-refractivity contribution in [2.45, 2.75) is 38.8 Å². The number of hydrogen-bond acceptors (Lipinski definition) is 4. The van der Waals surface area contributed by atoms with Gasteiger partial charge in [-0.3, -0.25) is 0 Å². The molecular weight excluding hydrogens is 280 g/mol. The Balaban J connectivity index is 1.66. The minimum absolute atomic E-state index is 0.435. The quantitative estimate of drug-likeness (QED) is 0.840. The van der Waals surface area contributed by atoms with Gasteiger partial charge in [0, 0.05) is 23.7 Å². The van der Waals surface area contributed by atoms with Gasteiger partial charge in [0.15, 0.2) is 0 Å².